The maximum absolute atomic E-state index is 12.5. The number of nitrogens with one attached hydrogen (secondary N) is 1. The van der Waals surface area contributed by atoms with Gasteiger partial charge in [-0.05, 0) is 61.2 Å². The van der Waals surface area contributed by atoms with Crippen molar-refractivity contribution in [3.63, 3.8) is 0 Å². The largest absolute Gasteiger partial charge is 0.508 e. The van der Waals surface area contributed by atoms with Gasteiger partial charge in [0, 0.05) is 18.3 Å². The van der Waals surface area contributed by atoms with E-state index in [-0.39, 0.29) is 11.8 Å². The molecule has 0 aliphatic carbocycles. The number of carbonyl (C=O) groups excluding carboxylic acids is 2. The van der Waals surface area contributed by atoms with Crippen molar-refractivity contribution < 1.29 is 19.4 Å². The Bertz CT molecular complexity index is 817. The Labute approximate surface area is 152 Å². The summed E-state index contributed by atoms with van der Waals surface area (Å²) in [5, 5.41) is 12.1. The van der Waals surface area contributed by atoms with Crippen LogP contribution in [-0.2, 0) is 22.4 Å². The van der Waals surface area contributed by atoms with Gasteiger partial charge in [0.05, 0.1) is 7.11 Å². The number of aromatic hydroxyl groups is 1. The molecule has 1 aliphatic rings. The maximum Gasteiger partial charge on any atom is 0.316 e. The Morgan fingerprint density at radius 2 is 1.96 bits per heavy atom. The Morgan fingerprint density at radius 3 is 2.65 bits per heavy atom. The molecule has 6 nitrogen and oxygen atoms in total. The van der Waals surface area contributed by atoms with Gasteiger partial charge in [-0.2, -0.15) is 0 Å². The zero-order valence-corrected chi connectivity index (χ0v) is 14.9. The third kappa shape index (κ3) is 3.79. The molecule has 3 rings (SSSR count). The molecule has 1 atom stereocenters. The molecule has 0 radical (unpaired) electrons. The number of rotatable bonds is 4. The number of ether oxygens (including phenoxy) is 1. The highest BCUT2D eigenvalue weighted by Crippen LogP contribution is 2.31. The quantitative estimate of drug-likeness (QED) is 0.824. The number of amides is 2. The molecule has 1 heterocycles. The summed E-state index contributed by atoms with van der Waals surface area (Å²) < 4.78 is 5.20. The first-order valence-electron chi connectivity index (χ1n) is 8.55. The summed E-state index contributed by atoms with van der Waals surface area (Å²) >= 11 is 0. The number of nitrogens with zero attached hydrogens (tertiary/aromatic N) is 1. The van der Waals surface area contributed by atoms with Gasteiger partial charge < -0.3 is 20.1 Å². The van der Waals surface area contributed by atoms with Gasteiger partial charge in [0.2, 0.25) is 0 Å². The van der Waals surface area contributed by atoms with Crippen molar-refractivity contribution in [2.75, 3.05) is 18.6 Å². The van der Waals surface area contributed by atoms with Crippen molar-refractivity contribution in [3.05, 3.63) is 53.6 Å². The van der Waals surface area contributed by atoms with E-state index in [0.29, 0.717) is 19.4 Å². The first-order valence-corrected chi connectivity index (χ1v) is 8.55. The van der Waals surface area contributed by atoms with Gasteiger partial charge in [0.25, 0.3) is 0 Å². The van der Waals surface area contributed by atoms with E-state index in [1.165, 1.54) is 4.90 Å². The fraction of sp³-hybridized carbons (Fsp3) is 0.300. The fourth-order valence-electron chi connectivity index (χ4n) is 3.16. The molecule has 2 N–H and O–H groups in total. The van der Waals surface area contributed by atoms with E-state index in [2.05, 4.69) is 5.32 Å². The number of anilines is 1. The zero-order chi connectivity index (χ0) is 18.7. The first-order chi connectivity index (χ1) is 12.5. The van der Waals surface area contributed by atoms with Crippen LogP contribution in [0.4, 0.5) is 5.69 Å². The summed E-state index contributed by atoms with van der Waals surface area (Å²) in [6.45, 7) is 2.34. The molecule has 6 heteroatoms. The number of hydrogen-bond acceptors (Lipinski definition) is 4. The highest BCUT2D eigenvalue weighted by atomic mass is 16.5. The molecule has 26 heavy (non-hydrogen) atoms. The molecule has 0 saturated carbocycles. The minimum atomic E-state index is -0.611. The van der Waals surface area contributed by atoms with E-state index in [4.69, 9.17) is 4.74 Å². The van der Waals surface area contributed by atoms with Gasteiger partial charge in [0.1, 0.15) is 11.5 Å². The second-order valence-corrected chi connectivity index (χ2v) is 6.45. The molecule has 2 aromatic rings. The van der Waals surface area contributed by atoms with Crippen LogP contribution in [0.5, 0.6) is 11.5 Å². The van der Waals surface area contributed by atoms with Crippen molar-refractivity contribution in [2.24, 2.45) is 0 Å². The highest BCUT2D eigenvalue weighted by Gasteiger charge is 2.30. The van der Waals surface area contributed by atoms with Crippen LogP contribution in [0.25, 0.3) is 0 Å². The molecule has 0 saturated heterocycles. The van der Waals surface area contributed by atoms with Crippen LogP contribution < -0.4 is 15.0 Å². The molecule has 0 fully saturated rings. The summed E-state index contributed by atoms with van der Waals surface area (Å²) in [6, 6.07) is 12.1. The molecular weight excluding hydrogens is 332 g/mol. The van der Waals surface area contributed by atoms with E-state index < -0.39 is 11.8 Å². The number of phenolic OH excluding ortho intramolecular Hbond substituents is 1. The van der Waals surface area contributed by atoms with Crippen LogP contribution in [-0.4, -0.2) is 36.6 Å². The van der Waals surface area contributed by atoms with Crippen LogP contribution in [0.15, 0.2) is 42.5 Å². The molecule has 1 aliphatic heterocycles. The van der Waals surface area contributed by atoms with Crippen molar-refractivity contribution in [3.8, 4) is 11.5 Å². The standard InChI is InChI=1S/C20H22N2O4/c1-13(11-14-3-5-16(23)6-4-14)21-19(24)20(25)22-10-9-15-12-17(26-2)7-8-18(15)22/h3-8,12-13,23H,9-11H2,1-2H3,(H,21,24). The van der Waals surface area contributed by atoms with Crippen molar-refractivity contribution in [1.29, 1.82) is 0 Å². The Kier molecular flexibility index (Phi) is 5.11. The molecule has 2 aromatic carbocycles. The first kappa shape index (κ1) is 17.8. The third-order valence-electron chi connectivity index (χ3n) is 4.48. The van der Waals surface area contributed by atoms with Crippen LogP contribution >= 0.6 is 0 Å². The number of methoxy groups -OCH3 is 1. The van der Waals surface area contributed by atoms with Gasteiger partial charge in [0.15, 0.2) is 0 Å². The SMILES string of the molecule is COc1ccc2c(c1)CCN2C(=O)C(=O)NC(C)Cc1ccc(O)cc1. The molecular formula is C20H22N2O4. The molecule has 0 aromatic heterocycles. The molecule has 136 valence electrons. The summed E-state index contributed by atoms with van der Waals surface area (Å²) in [6.07, 6.45) is 1.28. The van der Waals surface area contributed by atoms with E-state index in [1.807, 2.05) is 19.1 Å². The number of carbonyl (C=O) groups is 2. The monoisotopic (exact) mass is 354 g/mol. The van der Waals surface area contributed by atoms with E-state index in [0.717, 1.165) is 22.6 Å². The van der Waals surface area contributed by atoms with Crippen molar-refractivity contribution in [1.82, 2.24) is 5.32 Å². The number of hydrogen-bond donors (Lipinski definition) is 2. The summed E-state index contributed by atoms with van der Waals surface area (Å²) in [5.41, 5.74) is 2.74. The average Bonchev–Trinajstić information content (AvgIpc) is 3.05. The van der Waals surface area contributed by atoms with Gasteiger partial charge in [-0.15, -0.1) is 0 Å². The average molecular weight is 354 g/mol. The van der Waals surface area contributed by atoms with E-state index >= 15 is 0 Å². The third-order valence-corrected chi connectivity index (χ3v) is 4.48. The fourth-order valence-corrected chi connectivity index (χ4v) is 3.16. The van der Waals surface area contributed by atoms with E-state index in [9.17, 15) is 14.7 Å². The molecule has 1 unspecified atom stereocenters. The van der Waals surface area contributed by atoms with Crippen molar-refractivity contribution >= 4 is 17.5 Å². The Morgan fingerprint density at radius 1 is 1.23 bits per heavy atom. The van der Waals surface area contributed by atoms with Gasteiger partial charge in [-0.1, -0.05) is 12.1 Å². The Hall–Kier alpha value is -3.02. The smallest absolute Gasteiger partial charge is 0.316 e. The summed E-state index contributed by atoms with van der Waals surface area (Å²) in [7, 11) is 1.60. The number of benzene rings is 2. The lowest BCUT2D eigenvalue weighted by Crippen LogP contribution is -2.46. The molecule has 0 bridgehead atoms. The molecule has 2 amide bonds. The minimum Gasteiger partial charge on any atom is -0.508 e. The Balaban J connectivity index is 1.62. The normalized spacial score (nSPS) is 13.8. The lowest BCUT2D eigenvalue weighted by molar-refractivity contribution is -0.137. The van der Waals surface area contributed by atoms with Gasteiger partial charge >= 0.3 is 11.8 Å². The second-order valence-electron chi connectivity index (χ2n) is 6.45. The lowest BCUT2D eigenvalue weighted by Gasteiger charge is -2.19. The predicted molar refractivity (Wildman–Crippen MR) is 98.5 cm³/mol. The predicted octanol–water partition coefficient (Wildman–Crippen LogP) is 2.04. The van der Waals surface area contributed by atoms with Gasteiger partial charge in [-0.25, -0.2) is 0 Å². The number of fused-ring (bicyclic) bond motifs is 1. The lowest BCUT2D eigenvalue weighted by atomic mass is 10.1. The highest BCUT2D eigenvalue weighted by molar-refractivity contribution is 6.40. The van der Waals surface area contributed by atoms with Crippen LogP contribution in [0.3, 0.4) is 0 Å². The van der Waals surface area contributed by atoms with Gasteiger partial charge in [-0.3, -0.25) is 9.59 Å². The van der Waals surface area contributed by atoms with Crippen LogP contribution in [0.1, 0.15) is 18.1 Å². The van der Waals surface area contributed by atoms with E-state index in [1.54, 1.807) is 37.4 Å². The molecule has 0 spiro atoms. The topological polar surface area (TPSA) is 78.9 Å². The summed E-state index contributed by atoms with van der Waals surface area (Å²) in [5.74, 6) is -0.221. The number of phenols is 1. The van der Waals surface area contributed by atoms with Crippen LogP contribution in [0.2, 0.25) is 0 Å². The zero-order valence-electron chi connectivity index (χ0n) is 14.9. The second kappa shape index (κ2) is 7.47. The minimum absolute atomic E-state index is 0.199. The van der Waals surface area contributed by atoms with Crippen LogP contribution in [0, 0.1) is 0 Å². The van der Waals surface area contributed by atoms with Crippen molar-refractivity contribution in [2.45, 2.75) is 25.8 Å². The summed E-state index contributed by atoms with van der Waals surface area (Å²) in [4.78, 5) is 26.4. The maximum atomic E-state index is 12.5.